The number of likely N-dealkylation sites (tertiary alicyclic amines) is 1. The third-order valence-electron chi connectivity index (χ3n) is 4.74. The van der Waals surface area contributed by atoms with Crippen molar-refractivity contribution in [2.24, 2.45) is 0 Å². The van der Waals surface area contributed by atoms with E-state index in [1.807, 2.05) is 65.6 Å². The van der Waals surface area contributed by atoms with Crippen LogP contribution >= 0.6 is 0 Å². The second-order valence-corrected chi connectivity index (χ2v) is 6.64. The summed E-state index contributed by atoms with van der Waals surface area (Å²) < 4.78 is 0. The number of nitrogens with zero attached hydrogens (tertiary/aromatic N) is 1. The third-order valence-corrected chi connectivity index (χ3v) is 4.74. The van der Waals surface area contributed by atoms with Crippen molar-refractivity contribution in [3.8, 4) is 0 Å². The van der Waals surface area contributed by atoms with Gasteiger partial charge in [0.1, 0.15) is 0 Å². The topological polar surface area (TPSA) is 49.4 Å². The molecule has 2 amide bonds. The van der Waals surface area contributed by atoms with Crippen LogP contribution in [0.2, 0.25) is 0 Å². The Morgan fingerprint density at radius 1 is 0.962 bits per heavy atom. The van der Waals surface area contributed by atoms with Gasteiger partial charge in [-0.25, -0.2) is 0 Å². The standard InChI is InChI=1S/C22H20N2O2/c25-21-9-4-12-24(21)15-16-5-3-8-19(13-16)22(26)23-20-11-10-17-6-1-2-7-18(17)14-20/h1-3,5-8,10-11,13-14H,4,9,12,15H2,(H,23,26). The molecule has 1 heterocycles. The van der Waals surface area contributed by atoms with Crippen LogP contribution in [-0.4, -0.2) is 23.3 Å². The van der Waals surface area contributed by atoms with Gasteiger partial charge in [-0.05, 0) is 47.0 Å². The minimum atomic E-state index is -0.144. The lowest BCUT2D eigenvalue weighted by Crippen LogP contribution is -2.24. The fourth-order valence-corrected chi connectivity index (χ4v) is 3.37. The van der Waals surface area contributed by atoms with Crippen LogP contribution in [0.25, 0.3) is 10.8 Å². The zero-order valence-corrected chi connectivity index (χ0v) is 14.4. The molecule has 1 N–H and O–H groups in total. The Kier molecular flexibility index (Phi) is 4.40. The average molecular weight is 344 g/mol. The van der Waals surface area contributed by atoms with Gasteiger partial charge in [-0.15, -0.1) is 0 Å². The summed E-state index contributed by atoms with van der Waals surface area (Å²) in [5, 5.41) is 5.19. The average Bonchev–Trinajstić information content (AvgIpc) is 3.06. The van der Waals surface area contributed by atoms with Crippen molar-refractivity contribution in [2.45, 2.75) is 19.4 Å². The summed E-state index contributed by atoms with van der Waals surface area (Å²) in [4.78, 5) is 26.3. The Morgan fingerprint density at radius 2 is 1.81 bits per heavy atom. The quantitative estimate of drug-likeness (QED) is 0.770. The molecular formula is C22H20N2O2. The van der Waals surface area contributed by atoms with Gasteiger partial charge in [0, 0.05) is 30.8 Å². The summed E-state index contributed by atoms with van der Waals surface area (Å²) in [6, 6.07) is 21.4. The van der Waals surface area contributed by atoms with E-state index in [0.717, 1.165) is 35.0 Å². The first-order valence-electron chi connectivity index (χ1n) is 8.86. The molecule has 1 fully saturated rings. The van der Waals surface area contributed by atoms with E-state index in [-0.39, 0.29) is 11.8 Å². The lowest BCUT2D eigenvalue weighted by Gasteiger charge is -2.16. The molecule has 26 heavy (non-hydrogen) atoms. The minimum Gasteiger partial charge on any atom is -0.338 e. The molecule has 1 saturated heterocycles. The molecular weight excluding hydrogens is 324 g/mol. The van der Waals surface area contributed by atoms with Crippen molar-refractivity contribution in [3.05, 3.63) is 77.9 Å². The smallest absolute Gasteiger partial charge is 0.255 e. The summed E-state index contributed by atoms with van der Waals surface area (Å²) in [6.45, 7) is 1.36. The molecule has 0 atom stereocenters. The number of benzene rings is 3. The molecule has 3 aromatic rings. The molecule has 0 bridgehead atoms. The Hall–Kier alpha value is -3.14. The predicted molar refractivity (Wildman–Crippen MR) is 103 cm³/mol. The van der Waals surface area contributed by atoms with Gasteiger partial charge >= 0.3 is 0 Å². The highest BCUT2D eigenvalue weighted by Crippen LogP contribution is 2.20. The van der Waals surface area contributed by atoms with Crippen molar-refractivity contribution in [3.63, 3.8) is 0 Å². The largest absolute Gasteiger partial charge is 0.338 e. The van der Waals surface area contributed by atoms with E-state index in [1.165, 1.54) is 0 Å². The summed E-state index contributed by atoms with van der Waals surface area (Å²) >= 11 is 0. The number of hydrogen-bond donors (Lipinski definition) is 1. The molecule has 0 radical (unpaired) electrons. The number of amides is 2. The minimum absolute atomic E-state index is 0.144. The van der Waals surface area contributed by atoms with Crippen LogP contribution in [0.15, 0.2) is 66.7 Å². The number of fused-ring (bicyclic) bond motifs is 1. The highest BCUT2D eigenvalue weighted by molar-refractivity contribution is 6.05. The molecule has 0 saturated carbocycles. The van der Waals surface area contributed by atoms with E-state index >= 15 is 0 Å². The van der Waals surface area contributed by atoms with Gasteiger partial charge in [-0.1, -0.05) is 42.5 Å². The van der Waals surface area contributed by atoms with Gasteiger partial charge < -0.3 is 10.2 Å². The van der Waals surface area contributed by atoms with Gasteiger partial charge in [0.2, 0.25) is 5.91 Å². The van der Waals surface area contributed by atoms with Gasteiger partial charge in [0.25, 0.3) is 5.91 Å². The summed E-state index contributed by atoms with van der Waals surface area (Å²) in [6.07, 6.45) is 1.54. The first-order chi connectivity index (χ1) is 12.7. The third kappa shape index (κ3) is 3.45. The van der Waals surface area contributed by atoms with Crippen LogP contribution in [0, 0.1) is 0 Å². The van der Waals surface area contributed by atoms with Crippen LogP contribution in [0.4, 0.5) is 5.69 Å². The first-order valence-corrected chi connectivity index (χ1v) is 8.86. The van der Waals surface area contributed by atoms with Gasteiger partial charge in [-0.3, -0.25) is 9.59 Å². The second kappa shape index (κ2) is 7.00. The van der Waals surface area contributed by atoms with Crippen LogP contribution < -0.4 is 5.32 Å². The van der Waals surface area contributed by atoms with Crippen LogP contribution in [0.1, 0.15) is 28.8 Å². The highest BCUT2D eigenvalue weighted by atomic mass is 16.2. The van der Waals surface area contributed by atoms with E-state index in [1.54, 1.807) is 6.07 Å². The predicted octanol–water partition coefficient (Wildman–Crippen LogP) is 4.21. The number of carbonyl (C=O) groups excluding carboxylic acids is 2. The SMILES string of the molecule is O=C(Nc1ccc2ccccc2c1)c1cccc(CN2CCCC2=O)c1. The molecule has 1 aliphatic rings. The van der Waals surface area contributed by atoms with E-state index < -0.39 is 0 Å². The van der Waals surface area contributed by atoms with E-state index in [0.29, 0.717) is 18.5 Å². The Morgan fingerprint density at radius 3 is 2.62 bits per heavy atom. The van der Waals surface area contributed by atoms with Crippen molar-refractivity contribution in [1.29, 1.82) is 0 Å². The summed E-state index contributed by atoms with van der Waals surface area (Å²) in [5.74, 6) is 0.0471. The van der Waals surface area contributed by atoms with Crippen molar-refractivity contribution < 1.29 is 9.59 Å². The Bertz CT molecular complexity index is 981. The molecule has 4 nitrogen and oxygen atoms in total. The Balaban J connectivity index is 1.50. The Labute approximate surface area is 152 Å². The highest BCUT2D eigenvalue weighted by Gasteiger charge is 2.20. The number of carbonyl (C=O) groups is 2. The van der Waals surface area contributed by atoms with E-state index in [9.17, 15) is 9.59 Å². The van der Waals surface area contributed by atoms with Crippen molar-refractivity contribution >= 4 is 28.3 Å². The monoisotopic (exact) mass is 344 g/mol. The molecule has 130 valence electrons. The van der Waals surface area contributed by atoms with Gasteiger partial charge in [0.05, 0.1) is 0 Å². The zero-order valence-electron chi connectivity index (χ0n) is 14.4. The van der Waals surface area contributed by atoms with E-state index in [4.69, 9.17) is 0 Å². The normalized spacial score (nSPS) is 14.0. The summed E-state index contributed by atoms with van der Waals surface area (Å²) in [7, 11) is 0. The second-order valence-electron chi connectivity index (χ2n) is 6.64. The number of hydrogen-bond acceptors (Lipinski definition) is 2. The number of anilines is 1. The fourth-order valence-electron chi connectivity index (χ4n) is 3.37. The molecule has 1 aliphatic heterocycles. The molecule has 0 spiro atoms. The van der Waals surface area contributed by atoms with Crippen LogP contribution in [0.3, 0.4) is 0 Å². The van der Waals surface area contributed by atoms with Crippen LogP contribution in [0.5, 0.6) is 0 Å². The molecule has 0 unspecified atom stereocenters. The first kappa shape index (κ1) is 16.3. The molecule has 0 aromatic heterocycles. The maximum Gasteiger partial charge on any atom is 0.255 e. The zero-order chi connectivity index (χ0) is 17.9. The molecule has 4 heteroatoms. The molecule has 4 rings (SSSR count). The summed E-state index contributed by atoms with van der Waals surface area (Å²) in [5.41, 5.74) is 2.35. The van der Waals surface area contributed by atoms with Crippen molar-refractivity contribution in [1.82, 2.24) is 4.90 Å². The molecule has 0 aliphatic carbocycles. The lowest BCUT2D eigenvalue weighted by atomic mass is 10.1. The maximum absolute atomic E-state index is 12.6. The maximum atomic E-state index is 12.6. The van der Waals surface area contributed by atoms with Gasteiger partial charge in [-0.2, -0.15) is 0 Å². The van der Waals surface area contributed by atoms with Crippen molar-refractivity contribution in [2.75, 3.05) is 11.9 Å². The fraction of sp³-hybridized carbons (Fsp3) is 0.182. The van der Waals surface area contributed by atoms with Crippen LogP contribution in [-0.2, 0) is 11.3 Å². The van der Waals surface area contributed by atoms with Gasteiger partial charge in [0.15, 0.2) is 0 Å². The number of rotatable bonds is 4. The molecule has 3 aromatic carbocycles. The van der Waals surface area contributed by atoms with E-state index in [2.05, 4.69) is 5.32 Å². The lowest BCUT2D eigenvalue weighted by molar-refractivity contribution is -0.128. The number of nitrogens with one attached hydrogen (secondary N) is 1.